The van der Waals surface area contributed by atoms with Crippen molar-refractivity contribution in [2.24, 2.45) is 4.99 Å². The molecule has 0 amide bonds. The fourth-order valence-electron chi connectivity index (χ4n) is 4.35. The van der Waals surface area contributed by atoms with Gasteiger partial charge >= 0.3 is 5.97 Å². The van der Waals surface area contributed by atoms with E-state index in [1.54, 1.807) is 36.8 Å². The first-order valence-electron chi connectivity index (χ1n) is 12.1. The van der Waals surface area contributed by atoms with E-state index in [0.29, 0.717) is 43.4 Å². The number of ether oxygens (including phenoxy) is 2. The van der Waals surface area contributed by atoms with Crippen LogP contribution in [0.5, 0.6) is 5.75 Å². The molecule has 7 nitrogen and oxygen atoms in total. The normalized spacial score (nSPS) is 15.3. The van der Waals surface area contributed by atoms with Crippen LogP contribution in [0.4, 0.5) is 5.69 Å². The molecule has 0 fully saturated rings. The molecular weight excluding hydrogens is 510 g/mol. The zero-order chi connectivity index (χ0) is 26.7. The number of methoxy groups -OCH3 is 1. The first-order valence-corrected chi connectivity index (χ1v) is 13.3. The summed E-state index contributed by atoms with van der Waals surface area (Å²) in [6.07, 6.45) is 3.18. The fourth-order valence-corrected chi connectivity index (χ4v) is 5.55. The largest absolute Gasteiger partial charge is 0.496 e. The summed E-state index contributed by atoms with van der Waals surface area (Å²) in [6, 6.07) is 12.3. The zero-order valence-corrected chi connectivity index (χ0v) is 23.2. The van der Waals surface area contributed by atoms with E-state index < -0.39 is 12.0 Å². The number of hydrogen-bond acceptors (Lipinski definition) is 7. The van der Waals surface area contributed by atoms with E-state index in [0.717, 1.165) is 17.7 Å². The quantitative estimate of drug-likeness (QED) is 0.399. The van der Waals surface area contributed by atoms with Crippen molar-refractivity contribution in [3.63, 3.8) is 0 Å². The van der Waals surface area contributed by atoms with E-state index in [1.165, 1.54) is 11.3 Å². The lowest BCUT2D eigenvalue weighted by Crippen LogP contribution is -2.40. The number of rotatable bonds is 8. The van der Waals surface area contributed by atoms with Gasteiger partial charge in [-0.15, -0.1) is 0 Å². The second-order valence-corrected chi connectivity index (χ2v) is 10.2. The maximum atomic E-state index is 13.9. The van der Waals surface area contributed by atoms with Crippen molar-refractivity contribution < 1.29 is 14.3 Å². The minimum absolute atomic E-state index is 0.203. The lowest BCUT2D eigenvalue weighted by atomic mass is 9.93. The molecule has 0 saturated heterocycles. The predicted octanol–water partition coefficient (Wildman–Crippen LogP) is 4.31. The Morgan fingerprint density at radius 1 is 1.19 bits per heavy atom. The third-order valence-corrected chi connectivity index (χ3v) is 7.30. The smallest absolute Gasteiger partial charge is 0.338 e. The van der Waals surface area contributed by atoms with Gasteiger partial charge in [0.05, 0.1) is 29.5 Å². The Morgan fingerprint density at radius 2 is 1.92 bits per heavy atom. The molecule has 4 rings (SSSR count). The van der Waals surface area contributed by atoms with Crippen LogP contribution >= 0.6 is 22.9 Å². The summed E-state index contributed by atoms with van der Waals surface area (Å²) in [6.45, 7) is 3.98. The van der Waals surface area contributed by atoms with Gasteiger partial charge < -0.3 is 14.4 Å². The number of esters is 1. The van der Waals surface area contributed by atoms with Crippen molar-refractivity contribution in [1.29, 1.82) is 0 Å². The first-order chi connectivity index (χ1) is 17.8. The van der Waals surface area contributed by atoms with Crippen LogP contribution in [-0.4, -0.2) is 38.3 Å². The molecule has 9 heteroatoms. The minimum Gasteiger partial charge on any atom is -0.496 e. The summed E-state index contributed by atoms with van der Waals surface area (Å²) in [7, 11) is 5.51. The highest BCUT2D eigenvalue weighted by molar-refractivity contribution is 7.07. The second kappa shape index (κ2) is 11.4. The molecular formula is C28H30ClN3O4S. The Hall–Kier alpha value is -3.36. The lowest BCUT2D eigenvalue weighted by Gasteiger charge is -2.27. The van der Waals surface area contributed by atoms with Crippen LogP contribution in [0.3, 0.4) is 0 Å². The molecule has 194 valence electrons. The van der Waals surface area contributed by atoms with Gasteiger partial charge in [-0.2, -0.15) is 0 Å². The van der Waals surface area contributed by atoms with Crippen molar-refractivity contribution in [1.82, 2.24) is 4.57 Å². The average Bonchev–Trinajstić information content (AvgIpc) is 3.18. The molecule has 1 aromatic heterocycles. The number of hydrogen-bond donors (Lipinski definition) is 0. The van der Waals surface area contributed by atoms with Gasteiger partial charge in [0.2, 0.25) is 0 Å². The Bertz CT molecular complexity index is 1520. The highest BCUT2D eigenvalue weighted by atomic mass is 35.5. The van der Waals surface area contributed by atoms with Crippen LogP contribution in [0.1, 0.15) is 43.9 Å². The van der Waals surface area contributed by atoms with E-state index in [1.807, 2.05) is 56.3 Å². The fraction of sp³-hybridized carbons (Fsp3) is 0.321. The molecule has 1 aliphatic rings. The standard InChI is InChI=1S/C28H30ClN3O4S/c1-6-8-21-24(27(34)36-7-2)25(20-16-18(29)11-14-22(20)35-5)32-26(33)23(37-28(32)30-21)15-17-9-12-19(13-10-17)31(3)4/h9-16,25H,6-8H2,1-5H3/b23-15+/t25-/m0/s1. The molecule has 0 N–H and O–H groups in total. The van der Waals surface area contributed by atoms with Gasteiger partial charge in [0.15, 0.2) is 4.80 Å². The minimum atomic E-state index is -0.788. The summed E-state index contributed by atoms with van der Waals surface area (Å²) < 4.78 is 13.2. The number of fused-ring (bicyclic) bond motifs is 1. The van der Waals surface area contributed by atoms with Crippen molar-refractivity contribution in [3.05, 3.63) is 89.6 Å². The summed E-state index contributed by atoms with van der Waals surface area (Å²) in [4.78, 5) is 34.5. The number of aromatic nitrogens is 1. The van der Waals surface area contributed by atoms with E-state index in [-0.39, 0.29) is 12.2 Å². The Morgan fingerprint density at radius 3 is 2.54 bits per heavy atom. The van der Waals surface area contributed by atoms with Crippen molar-refractivity contribution in [2.75, 3.05) is 32.7 Å². The number of halogens is 1. The van der Waals surface area contributed by atoms with E-state index in [4.69, 9.17) is 26.1 Å². The van der Waals surface area contributed by atoms with E-state index >= 15 is 0 Å². The van der Waals surface area contributed by atoms with Gasteiger partial charge in [-0.1, -0.05) is 48.4 Å². The maximum absolute atomic E-state index is 13.9. The van der Waals surface area contributed by atoms with Gasteiger partial charge in [-0.05, 0) is 55.3 Å². The highest BCUT2D eigenvalue weighted by Gasteiger charge is 2.36. The number of carbonyl (C=O) groups is 1. The van der Waals surface area contributed by atoms with Crippen LogP contribution in [-0.2, 0) is 9.53 Å². The maximum Gasteiger partial charge on any atom is 0.338 e. The van der Waals surface area contributed by atoms with Gasteiger partial charge in [-0.25, -0.2) is 9.79 Å². The predicted molar refractivity (Wildman–Crippen MR) is 148 cm³/mol. The Kier molecular flexibility index (Phi) is 8.19. The van der Waals surface area contributed by atoms with Crippen molar-refractivity contribution in [2.45, 2.75) is 32.7 Å². The summed E-state index contributed by atoms with van der Waals surface area (Å²) in [5, 5.41) is 0.469. The molecule has 37 heavy (non-hydrogen) atoms. The second-order valence-electron chi connectivity index (χ2n) is 8.79. The van der Waals surface area contributed by atoms with Gasteiger partial charge in [0.1, 0.15) is 11.8 Å². The topological polar surface area (TPSA) is 73.1 Å². The Balaban J connectivity index is 2.00. The molecule has 0 bridgehead atoms. The van der Waals surface area contributed by atoms with E-state index in [2.05, 4.69) is 0 Å². The molecule has 2 aromatic carbocycles. The molecule has 1 atom stereocenters. The average molecular weight is 540 g/mol. The first kappa shape index (κ1) is 26.7. The van der Waals surface area contributed by atoms with Gasteiger partial charge in [0, 0.05) is 30.4 Å². The molecule has 0 radical (unpaired) electrons. The van der Waals surface area contributed by atoms with Crippen LogP contribution in [0.15, 0.2) is 63.5 Å². The number of thiazole rings is 1. The SMILES string of the molecule is CCCC1=C(C(=O)OCC)[C@H](c2cc(Cl)ccc2OC)n2c(s/c(=C/c3ccc(N(C)C)cc3)c2=O)=N1. The van der Waals surface area contributed by atoms with Crippen LogP contribution in [0.25, 0.3) is 6.08 Å². The number of carbonyl (C=O) groups excluding carboxylic acids is 1. The highest BCUT2D eigenvalue weighted by Crippen LogP contribution is 2.38. The molecule has 0 aliphatic carbocycles. The Labute approximate surface area is 224 Å². The summed E-state index contributed by atoms with van der Waals surface area (Å²) >= 11 is 7.69. The lowest BCUT2D eigenvalue weighted by molar-refractivity contribution is -0.139. The van der Waals surface area contributed by atoms with Crippen LogP contribution in [0.2, 0.25) is 5.02 Å². The van der Waals surface area contributed by atoms with Crippen LogP contribution < -0.4 is 24.5 Å². The molecule has 3 aromatic rings. The van der Waals surface area contributed by atoms with Crippen LogP contribution in [0, 0.1) is 0 Å². The summed E-state index contributed by atoms with van der Waals surface area (Å²) in [5.41, 5.74) is 3.25. The van der Waals surface area contributed by atoms with Gasteiger partial charge in [0.25, 0.3) is 5.56 Å². The molecule has 0 unspecified atom stereocenters. The number of nitrogens with zero attached hydrogens (tertiary/aromatic N) is 3. The number of benzene rings is 2. The van der Waals surface area contributed by atoms with Crippen molar-refractivity contribution in [3.8, 4) is 5.75 Å². The molecule has 2 heterocycles. The van der Waals surface area contributed by atoms with E-state index in [9.17, 15) is 9.59 Å². The summed E-state index contributed by atoms with van der Waals surface area (Å²) in [5.74, 6) is 0.0121. The monoisotopic (exact) mass is 539 g/mol. The van der Waals surface area contributed by atoms with Crippen molar-refractivity contribution >= 4 is 40.7 Å². The van der Waals surface area contributed by atoms with Gasteiger partial charge in [-0.3, -0.25) is 9.36 Å². The third kappa shape index (κ3) is 5.36. The number of anilines is 1. The zero-order valence-electron chi connectivity index (χ0n) is 21.6. The number of allylic oxidation sites excluding steroid dienone is 1. The molecule has 1 aliphatic heterocycles. The molecule has 0 spiro atoms. The third-order valence-electron chi connectivity index (χ3n) is 6.09. The molecule has 0 saturated carbocycles.